The van der Waals surface area contributed by atoms with Crippen LogP contribution in [0.25, 0.3) is 0 Å². The van der Waals surface area contributed by atoms with Crippen molar-refractivity contribution in [3.63, 3.8) is 0 Å². The van der Waals surface area contributed by atoms with Crippen molar-refractivity contribution in [2.45, 2.75) is 17.9 Å². The highest BCUT2D eigenvalue weighted by Crippen LogP contribution is 2.15. The average Bonchev–Trinajstić information content (AvgIpc) is 2.39. The van der Waals surface area contributed by atoms with E-state index in [-0.39, 0.29) is 12.4 Å². The fraction of sp³-hybridized carbons (Fsp3) is 0.429. The molecular formula is C14H17FN2O3S. The topological polar surface area (TPSA) is 72.5 Å². The van der Waals surface area contributed by atoms with Gasteiger partial charge in [-0.05, 0) is 35.0 Å². The molecule has 0 spiro atoms. The van der Waals surface area contributed by atoms with Crippen molar-refractivity contribution >= 4 is 22.8 Å². The minimum absolute atomic E-state index is 0.201. The molecular weight excluding hydrogens is 295 g/mol. The number of halogens is 1. The van der Waals surface area contributed by atoms with Gasteiger partial charge in [0.2, 0.25) is 5.25 Å². The number of amides is 3. The van der Waals surface area contributed by atoms with E-state index in [0.717, 1.165) is 10.5 Å². The third-order valence-corrected chi connectivity index (χ3v) is 4.84. The van der Waals surface area contributed by atoms with Crippen LogP contribution in [0.5, 0.6) is 0 Å². The summed E-state index contributed by atoms with van der Waals surface area (Å²) in [5.41, 5.74) is 0.830. The normalized spacial score (nSPS) is 22.6. The predicted molar refractivity (Wildman–Crippen MR) is 77.1 cm³/mol. The fourth-order valence-corrected chi connectivity index (χ4v) is 3.33. The van der Waals surface area contributed by atoms with E-state index >= 15 is 0 Å². The maximum atomic E-state index is 12.8. The van der Waals surface area contributed by atoms with E-state index in [1.165, 1.54) is 12.1 Å². The van der Waals surface area contributed by atoms with Crippen LogP contribution in [0.2, 0.25) is 0 Å². The molecule has 5 nitrogen and oxygen atoms in total. The van der Waals surface area contributed by atoms with E-state index in [9.17, 15) is 19.1 Å². The molecule has 0 bridgehead atoms. The molecule has 1 aliphatic heterocycles. The summed E-state index contributed by atoms with van der Waals surface area (Å²) >= 11 is 0. The molecule has 0 aromatic heterocycles. The fourth-order valence-electron chi connectivity index (χ4n) is 2.23. The minimum Gasteiger partial charge on any atom is -0.832 e. The summed E-state index contributed by atoms with van der Waals surface area (Å²) in [4.78, 5) is 24.7. The molecule has 2 atom stereocenters. The first-order valence-electron chi connectivity index (χ1n) is 6.48. The lowest BCUT2D eigenvalue weighted by Crippen LogP contribution is -2.69. The van der Waals surface area contributed by atoms with Crippen LogP contribution in [0.1, 0.15) is 5.56 Å². The summed E-state index contributed by atoms with van der Waals surface area (Å²) in [6.45, 7) is 0.201. The third-order valence-electron chi connectivity index (χ3n) is 3.38. The Bertz CT molecular complexity index is 536. The molecule has 21 heavy (non-hydrogen) atoms. The van der Waals surface area contributed by atoms with Gasteiger partial charge in [0.25, 0.3) is 5.91 Å². The largest absolute Gasteiger partial charge is 0.832 e. The number of carbonyl (C=O) groups excluding carboxylic acids is 2. The monoisotopic (exact) mass is 312 g/mol. The van der Waals surface area contributed by atoms with Gasteiger partial charge in [-0.3, -0.25) is 10.1 Å². The second kappa shape index (κ2) is 6.44. The molecule has 1 aromatic rings. The van der Waals surface area contributed by atoms with Crippen LogP contribution >= 0.6 is 0 Å². The molecule has 0 radical (unpaired) electrons. The second-order valence-electron chi connectivity index (χ2n) is 5.06. The summed E-state index contributed by atoms with van der Waals surface area (Å²) < 4.78 is 12.8. The molecule has 0 aliphatic carbocycles. The lowest BCUT2D eigenvalue weighted by Gasteiger charge is -2.42. The van der Waals surface area contributed by atoms with Gasteiger partial charge in [0.05, 0.1) is 12.5 Å². The van der Waals surface area contributed by atoms with Crippen LogP contribution in [-0.2, 0) is 22.1 Å². The molecule has 2 rings (SSSR count). The Morgan fingerprint density at radius 1 is 1.29 bits per heavy atom. The number of urea groups is 1. The summed E-state index contributed by atoms with van der Waals surface area (Å²) in [7, 11) is -0.417. The number of nitrogens with zero attached hydrogens (tertiary/aromatic N) is 1. The van der Waals surface area contributed by atoms with E-state index in [1.54, 1.807) is 12.1 Å². The van der Waals surface area contributed by atoms with Crippen LogP contribution in [0, 0.1) is 5.82 Å². The van der Waals surface area contributed by atoms with Crippen LogP contribution in [0.4, 0.5) is 9.18 Å². The number of nitrogens with one attached hydrogen (secondary N) is 1. The van der Waals surface area contributed by atoms with Crippen LogP contribution < -0.4 is 10.4 Å². The first kappa shape index (κ1) is 15.8. The maximum Gasteiger partial charge on any atom is 0.323 e. The molecule has 1 N–H and O–H groups in total. The Kier molecular flexibility index (Phi) is 4.84. The zero-order chi connectivity index (χ0) is 15.6. The summed E-state index contributed by atoms with van der Waals surface area (Å²) in [6, 6.07) is 5.25. The maximum absolute atomic E-state index is 12.8. The number of hydrogen-bond donors (Lipinski definition) is 1. The van der Waals surface area contributed by atoms with Crippen molar-refractivity contribution in [2.24, 2.45) is 0 Å². The Balaban J connectivity index is 2.05. The molecule has 2 unspecified atom stereocenters. The molecule has 114 valence electrons. The number of benzene rings is 1. The van der Waals surface area contributed by atoms with E-state index in [2.05, 4.69) is 5.32 Å². The van der Waals surface area contributed by atoms with Gasteiger partial charge in [-0.1, -0.05) is 12.1 Å². The molecule has 1 fully saturated rings. The molecule has 1 saturated heterocycles. The van der Waals surface area contributed by atoms with Crippen molar-refractivity contribution in [3.8, 4) is 0 Å². The summed E-state index contributed by atoms with van der Waals surface area (Å²) in [5, 5.41) is 13.8. The first-order chi connectivity index (χ1) is 9.90. The van der Waals surface area contributed by atoms with Gasteiger partial charge in [-0.15, -0.1) is 0 Å². The van der Waals surface area contributed by atoms with Gasteiger partial charge in [0.1, 0.15) is 5.82 Å². The minimum atomic E-state index is -1.37. The van der Waals surface area contributed by atoms with Crippen LogP contribution in [-0.4, -0.2) is 47.4 Å². The third kappa shape index (κ3) is 3.54. The van der Waals surface area contributed by atoms with Gasteiger partial charge in [0.15, 0.2) is 0 Å². The molecule has 7 heteroatoms. The highest BCUT2D eigenvalue weighted by atomic mass is 32.2. The first-order valence-corrected chi connectivity index (χ1v) is 8.58. The van der Waals surface area contributed by atoms with E-state index in [4.69, 9.17) is 0 Å². The number of imide groups is 1. The zero-order valence-electron chi connectivity index (χ0n) is 11.8. The van der Waals surface area contributed by atoms with Crippen molar-refractivity contribution in [1.29, 1.82) is 0 Å². The Morgan fingerprint density at radius 3 is 2.48 bits per heavy atom. The molecule has 1 heterocycles. The smallest absolute Gasteiger partial charge is 0.323 e. The van der Waals surface area contributed by atoms with Crippen LogP contribution in [0.15, 0.2) is 24.3 Å². The molecule has 3 amide bonds. The lowest BCUT2D eigenvalue weighted by atomic mass is 10.1. The molecule has 1 aliphatic rings. The molecule has 0 saturated carbocycles. The quantitative estimate of drug-likeness (QED) is 0.786. The van der Waals surface area contributed by atoms with Crippen molar-refractivity contribution in [2.75, 3.05) is 19.1 Å². The standard InChI is InChI=1S/C14H17FN2O3S/c1-21(2)11-12(18)16-14(20)17(13(11)19)8-7-9-3-5-10(15)6-4-9/h3-6,11,13H,7-8H2,1-2H3,(H,16,18,20). The second-order valence-corrected chi connectivity index (χ2v) is 7.32. The van der Waals surface area contributed by atoms with Gasteiger partial charge in [-0.2, -0.15) is 0 Å². The predicted octanol–water partition coefficient (Wildman–Crippen LogP) is -0.147. The van der Waals surface area contributed by atoms with Gasteiger partial charge < -0.3 is 10.0 Å². The van der Waals surface area contributed by atoms with E-state index < -0.39 is 34.3 Å². The summed E-state index contributed by atoms with van der Waals surface area (Å²) in [5.74, 6) is -0.825. The number of carbonyl (C=O) groups is 2. The Morgan fingerprint density at radius 2 is 1.90 bits per heavy atom. The number of rotatable bonds is 4. The van der Waals surface area contributed by atoms with E-state index in [0.29, 0.717) is 6.42 Å². The highest BCUT2D eigenvalue weighted by molar-refractivity contribution is 7.96. The Hall–Kier alpha value is -1.60. The van der Waals surface area contributed by atoms with Crippen molar-refractivity contribution in [3.05, 3.63) is 35.6 Å². The lowest BCUT2D eigenvalue weighted by molar-refractivity contribution is -0.448. The van der Waals surface area contributed by atoms with Gasteiger partial charge in [0, 0.05) is 12.8 Å². The zero-order valence-corrected chi connectivity index (χ0v) is 12.7. The SMILES string of the molecule is C[S+](C)C1C(=O)NC(=O)N(CCc2ccc(F)cc2)C1[O-]. The average molecular weight is 312 g/mol. The molecule has 1 aromatic carbocycles. The van der Waals surface area contributed by atoms with Crippen LogP contribution in [0.3, 0.4) is 0 Å². The van der Waals surface area contributed by atoms with Crippen molar-refractivity contribution < 1.29 is 19.1 Å². The number of hydrogen-bond acceptors (Lipinski definition) is 3. The Labute approximate surface area is 125 Å². The van der Waals surface area contributed by atoms with E-state index in [1.807, 2.05) is 12.5 Å². The summed E-state index contributed by atoms with van der Waals surface area (Å²) in [6.07, 6.45) is 2.69. The van der Waals surface area contributed by atoms with Gasteiger partial charge >= 0.3 is 6.03 Å². The van der Waals surface area contributed by atoms with Gasteiger partial charge in [-0.25, -0.2) is 9.18 Å². The highest BCUT2D eigenvalue weighted by Gasteiger charge is 2.42. The van der Waals surface area contributed by atoms with Crippen molar-refractivity contribution in [1.82, 2.24) is 10.2 Å².